The minimum absolute atomic E-state index is 0.0886. The van der Waals surface area contributed by atoms with Crippen molar-refractivity contribution in [3.05, 3.63) is 29.8 Å². The van der Waals surface area contributed by atoms with E-state index in [0.717, 1.165) is 25.0 Å². The molecule has 1 aromatic carbocycles. The zero-order valence-corrected chi connectivity index (χ0v) is 13.8. The zero-order chi connectivity index (χ0) is 15.5. The molecule has 21 heavy (non-hydrogen) atoms. The van der Waals surface area contributed by atoms with Crippen LogP contribution in [0.1, 0.15) is 25.3 Å². The molecule has 0 radical (unpaired) electrons. The van der Waals surface area contributed by atoms with Gasteiger partial charge in [0.1, 0.15) is 11.9 Å². The summed E-state index contributed by atoms with van der Waals surface area (Å²) in [6.45, 7) is 3.14. The van der Waals surface area contributed by atoms with Crippen LogP contribution in [0.2, 0.25) is 0 Å². The normalized spacial score (nSPS) is 18.1. The van der Waals surface area contributed by atoms with Gasteiger partial charge in [0.2, 0.25) is 0 Å². The van der Waals surface area contributed by atoms with Gasteiger partial charge in [0, 0.05) is 27.2 Å². The molecule has 0 aliphatic carbocycles. The van der Waals surface area contributed by atoms with Gasteiger partial charge < -0.3 is 4.74 Å². The van der Waals surface area contributed by atoms with E-state index in [9.17, 15) is 8.42 Å². The molecule has 0 aromatic heterocycles. The van der Waals surface area contributed by atoms with E-state index < -0.39 is 10.2 Å². The highest BCUT2D eigenvalue weighted by Gasteiger charge is 2.30. The van der Waals surface area contributed by atoms with Gasteiger partial charge in [-0.1, -0.05) is 19.1 Å². The lowest BCUT2D eigenvalue weighted by Crippen LogP contribution is -2.46. The fourth-order valence-electron chi connectivity index (χ4n) is 2.44. The molecule has 6 heteroatoms. The van der Waals surface area contributed by atoms with Crippen LogP contribution < -0.4 is 4.74 Å². The first-order valence-electron chi connectivity index (χ1n) is 7.36. The van der Waals surface area contributed by atoms with Crippen molar-refractivity contribution in [2.75, 3.05) is 27.2 Å². The highest BCUT2D eigenvalue weighted by Crippen LogP contribution is 2.22. The van der Waals surface area contributed by atoms with Crippen LogP contribution in [0.25, 0.3) is 0 Å². The summed E-state index contributed by atoms with van der Waals surface area (Å²) in [6.07, 6.45) is 2.52. The van der Waals surface area contributed by atoms with E-state index in [1.165, 1.54) is 14.2 Å². The molecule has 1 heterocycles. The Morgan fingerprint density at radius 1 is 1.29 bits per heavy atom. The van der Waals surface area contributed by atoms with E-state index in [1.807, 2.05) is 12.1 Å². The third-order valence-electron chi connectivity index (χ3n) is 3.80. The monoisotopic (exact) mass is 312 g/mol. The molecule has 1 fully saturated rings. The number of ether oxygens (including phenoxy) is 1. The molecule has 1 aliphatic heterocycles. The van der Waals surface area contributed by atoms with Crippen LogP contribution in [0.4, 0.5) is 0 Å². The Balaban J connectivity index is 1.92. The Morgan fingerprint density at radius 3 is 2.52 bits per heavy atom. The van der Waals surface area contributed by atoms with Crippen LogP contribution in [0.3, 0.4) is 0 Å². The molecule has 1 aliphatic rings. The van der Waals surface area contributed by atoms with Gasteiger partial charge in [-0.25, -0.2) is 0 Å². The largest absolute Gasteiger partial charge is 0.490 e. The molecule has 1 aromatic rings. The second kappa shape index (κ2) is 6.77. The lowest BCUT2D eigenvalue weighted by molar-refractivity contribution is 0.133. The van der Waals surface area contributed by atoms with Gasteiger partial charge in [-0.3, -0.25) is 0 Å². The van der Waals surface area contributed by atoms with Crippen LogP contribution in [-0.4, -0.2) is 50.3 Å². The van der Waals surface area contributed by atoms with Gasteiger partial charge in [-0.05, 0) is 37.0 Å². The summed E-state index contributed by atoms with van der Waals surface area (Å²) in [4.78, 5) is 0. The SMILES string of the molecule is CCc1cccc(OC2CCN(S(=O)(=O)N(C)C)CC2)c1. The minimum Gasteiger partial charge on any atom is -0.490 e. The topological polar surface area (TPSA) is 49.9 Å². The van der Waals surface area contributed by atoms with Crippen molar-refractivity contribution in [2.24, 2.45) is 0 Å². The fraction of sp³-hybridized carbons (Fsp3) is 0.600. The van der Waals surface area contributed by atoms with E-state index in [2.05, 4.69) is 19.1 Å². The first-order chi connectivity index (χ1) is 9.93. The maximum Gasteiger partial charge on any atom is 0.281 e. The van der Waals surface area contributed by atoms with Crippen molar-refractivity contribution >= 4 is 10.2 Å². The molecule has 5 nitrogen and oxygen atoms in total. The molecule has 0 N–H and O–H groups in total. The Bertz CT molecular complexity index is 564. The highest BCUT2D eigenvalue weighted by molar-refractivity contribution is 7.86. The molecule has 0 bridgehead atoms. The van der Waals surface area contributed by atoms with Crippen molar-refractivity contribution in [3.8, 4) is 5.75 Å². The fourth-order valence-corrected chi connectivity index (χ4v) is 3.58. The number of nitrogens with zero attached hydrogens (tertiary/aromatic N) is 2. The average molecular weight is 312 g/mol. The molecule has 0 atom stereocenters. The number of benzene rings is 1. The third kappa shape index (κ3) is 3.96. The van der Waals surface area contributed by atoms with E-state index >= 15 is 0 Å². The Labute approximate surface area is 127 Å². The Morgan fingerprint density at radius 2 is 1.95 bits per heavy atom. The van der Waals surface area contributed by atoms with E-state index in [1.54, 1.807) is 14.1 Å². The number of piperidine rings is 1. The summed E-state index contributed by atoms with van der Waals surface area (Å²) in [7, 11) is -0.168. The first-order valence-corrected chi connectivity index (χ1v) is 8.76. The second-order valence-corrected chi connectivity index (χ2v) is 7.65. The maximum atomic E-state index is 12.0. The van der Waals surface area contributed by atoms with Crippen LogP contribution in [0.5, 0.6) is 5.75 Å². The van der Waals surface area contributed by atoms with Crippen molar-refractivity contribution < 1.29 is 13.2 Å². The van der Waals surface area contributed by atoms with Gasteiger partial charge in [-0.15, -0.1) is 0 Å². The first kappa shape index (κ1) is 16.3. The van der Waals surface area contributed by atoms with Crippen LogP contribution in [-0.2, 0) is 16.6 Å². The van der Waals surface area contributed by atoms with Gasteiger partial charge in [0.05, 0.1) is 0 Å². The number of hydrogen-bond acceptors (Lipinski definition) is 3. The highest BCUT2D eigenvalue weighted by atomic mass is 32.2. The Hall–Kier alpha value is -1.11. The standard InChI is InChI=1S/C15H24N2O3S/c1-4-13-6-5-7-15(12-13)20-14-8-10-17(11-9-14)21(18,19)16(2)3/h5-7,12,14H,4,8-11H2,1-3H3. The molecular formula is C15H24N2O3S. The molecule has 0 saturated carbocycles. The molecule has 2 rings (SSSR count). The molecule has 0 amide bonds. The van der Waals surface area contributed by atoms with E-state index in [0.29, 0.717) is 13.1 Å². The van der Waals surface area contributed by atoms with E-state index in [-0.39, 0.29) is 6.10 Å². The summed E-state index contributed by atoms with van der Waals surface area (Å²) in [6, 6.07) is 8.10. The molecule has 0 unspecified atom stereocenters. The van der Waals surface area contributed by atoms with Crippen LogP contribution >= 0.6 is 0 Å². The summed E-state index contributed by atoms with van der Waals surface area (Å²) in [5.74, 6) is 0.878. The lowest BCUT2D eigenvalue weighted by Gasteiger charge is -2.32. The number of hydrogen-bond donors (Lipinski definition) is 0. The van der Waals surface area contributed by atoms with Crippen molar-refractivity contribution in [1.29, 1.82) is 0 Å². The van der Waals surface area contributed by atoms with Gasteiger partial charge >= 0.3 is 0 Å². The quantitative estimate of drug-likeness (QED) is 0.834. The van der Waals surface area contributed by atoms with Gasteiger partial charge in [0.15, 0.2) is 0 Å². The van der Waals surface area contributed by atoms with Crippen molar-refractivity contribution in [1.82, 2.24) is 8.61 Å². The summed E-state index contributed by atoms with van der Waals surface area (Å²) < 4.78 is 32.9. The molecule has 118 valence electrons. The summed E-state index contributed by atoms with van der Waals surface area (Å²) in [5.41, 5.74) is 1.25. The van der Waals surface area contributed by atoms with E-state index in [4.69, 9.17) is 4.74 Å². The lowest BCUT2D eigenvalue weighted by atomic mass is 10.1. The second-order valence-electron chi connectivity index (χ2n) is 5.51. The number of rotatable bonds is 5. The predicted molar refractivity (Wildman–Crippen MR) is 83.6 cm³/mol. The van der Waals surface area contributed by atoms with Gasteiger partial charge in [0.25, 0.3) is 10.2 Å². The molecule has 0 spiro atoms. The maximum absolute atomic E-state index is 12.0. The Kier molecular flexibility index (Phi) is 5.24. The summed E-state index contributed by atoms with van der Waals surface area (Å²) in [5, 5.41) is 0. The minimum atomic E-state index is -3.30. The molecular weight excluding hydrogens is 288 g/mol. The zero-order valence-electron chi connectivity index (χ0n) is 12.9. The van der Waals surface area contributed by atoms with Crippen LogP contribution in [0.15, 0.2) is 24.3 Å². The number of aryl methyl sites for hydroxylation is 1. The van der Waals surface area contributed by atoms with Crippen molar-refractivity contribution in [3.63, 3.8) is 0 Å². The predicted octanol–water partition coefficient (Wildman–Crippen LogP) is 1.90. The van der Waals surface area contributed by atoms with Crippen LogP contribution in [0, 0.1) is 0 Å². The van der Waals surface area contributed by atoms with Gasteiger partial charge in [-0.2, -0.15) is 17.0 Å². The molecule has 1 saturated heterocycles. The van der Waals surface area contributed by atoms with Crippen molar-refractivity contribution in [2.45, 2.75) is 32.3 Å². The third-order valence-corrected chi connectivity index (χ3v) is 5.74. The average Bonchev–Trinajstić information content (AvgIpc) is 2.48. The summed E-state index contributed by atoms with van der Waals surface area (Å²) >= 11 is 0. The smallest absolute Gasteiger partial charge is 0.281 e.